The average molecular weight is 370 g/mol. The predicted molar refractivity (Wildman–Crippen MR) is 106 cm³/mol. The molecule has 1 aromatic heterocycles. The van der Waals surface area contributed by atoms with Crippen LogP contribution in [0.3, 0.4) is 0 Å². The lowest BCUT2D eigenvalue weighted by atomic mass is 9.79. The molecule has 27 heavy (non-hydrogen) atoms. The summed E-state index contributed by atoms with van der Waals surface area (Å²) in [7, 11) is 3.72. The van der Waals surface area contributed by atoms with E-state index in [9.17, 15) is 0 Å². The number of methoxy groups -OCH3 is 2. The molecule has 1 aliphatic heterocycles. The lowest BCUT2D eigenvalue weighted by Crippen LogP contribution is -2.51. The second-order valence-electron chi connectivity index (χ2n) is 8.17. The Bertz CT molecular complexity index is 789. The Kier molecular flexibility index (Phi) is 5.10. The average Bonchev–Trinajstić information content (AvgIpc) is 3.32. The molecular weight excluding hydrogens is 338 g/mol. The van der Waals surface area contributed by atoms with Gasteiger partial charge in [-0.25, -0.2) is 4.68 Å². The van der Waals surface area contributed by atoms with Crippen LogP contribution in [0.15, 0.2) is 30.6 Å². The van der Waals surface area contributed by atoms with Crippen LogP contribution in [0.2, 0.25) is 0 Å². The van der Waals surface area contributed by atoms with Gasteiger partial charge in [-0.1, -0.05) is 6.07 Å². The van der Waals surface area contributed by atoms with Gasteiger partial charge in [-0.3, -0.25) is 4.90 Å². The van der Waals surface area contributed by atoms with Crippen LogP contribution in [0, 0.1) is 13.8 Å². The second kappa shape index (κ2) is 7.38. The van der Waals surface area contributed by atoms with E-state index in [1.165, 1.54) is 22.4 Å². The maximum absolute atomic E-state index is 6.10. The first-order chi connectivity index (χ1) is 13.1. The molecule has 0 N–H and O–H groups in total. The summed E-state index contributed by atoms with van der Waals surface area (Å²) in [5.41, 5.74) is 5.13. The zero-order chi connectivity index (χ0) is 19.0. The van der Waals surface area contributed by atoms with Crippen molar-refractivity contribution in [2.24, 2.45) is 0 Å². The van der Waals surface area contributed by atoms with Crippen LogP contribution in [0.4, 0.5) is 0 Å². The van der Waals surface area contributed by atoms with Crippen molar-refractivity contribution in [1.82, 2.24) is 14.7 Å². The quantitative estimate of drug-likeness (QED) is 0.807. The van der Waals surface area contributed by atoms with E-state index in [2.05, 4.69) is 36.0 Å². The van der Waals surface area contributed by atoms with E-state index in [1.54, 1.807) is 0 Å². The number of likely N-dealkylation sites (tertiary alicyclic amines) is 1. The van der Waals surface area contributed by atoms with Gasteiger partial charge in [0.05, 0.1) is 17.4 Å². The maximum Gasteiger partial charge on any atom is 0.0847 e. The molecule has 1 saturated heterocycles. The second-order valence-corrected chi connectivity index (χ2v) is 8.17. The van der Waals surface area contributed by atoms with Gasteiger partial charge < -0.3 is 9.47 Å². The summed E-state index contributed by atoms with van der Waals surface area (Å²) < 4.78 is 13.8. The third-order valence-electron chi connectivity index (χ3n) is 6.69. The highest BCUT2D eigenvalue weighted by Crippen LogP contribution is 2.44. The van der Waals surface area contributed by atoms with Gasteiger partial charge in [-0.05, 0) is 68.4 Å². The Morgan fingerprint density at radius 1 is 1.22 bits per heavy atom. The molecule has 0 amide bonds. The van der Waals surface area contributed by atoms with Gasteiger partial charge in [-0.2, -0.15) is 5.10 Å². The van der Waals surface area contributed by atoms with E-state index >= 15 is 0 Å². The van der Waals surface area contributed by atoms with E-state index in [4.69, 9.17) is 9.47 Å². The smallest absolute Gasteiger partial charge is 0.0847 e. The van der Waals surface area contributed by atoms with Crippen molar-refractivity contribution in [3.63, 3.8) is 0 Å². The molecular formula is C22H31N3O2. The molecule has 0 unspecified atom stereocenters. The highest BCUT2D eigenvalue weighted by molar-refractivity contribution is 5.48. The Morgan fingerprint density at radius 3 is 2.78 bits per heavy atom. The molecule has 1 aliphatic carbocycles. The molecule has 4 rings (SSSR count). The van der Waals surface area contributed by atoms with Gasteiger partial charge in [0.1, 0.15) is 0 Å². The summed E-state index contributed by atoms with van der Waals surface area (Å²) in [6.45, 7) is 6.36. The fourth-order valence-electron chi connectivity index (χ4n) is 5.16. The van der Waals surface area contributed by atoms with Crippen LogP contribution in [0.1, 0.15) is 42.4 Å². The summed E-state index contributed by atoms with van der Waals surface area (Å²) in [5.74, 6) is 0. The SMILES string of the molecule is CO[C@@H]1CC[C@@]2(OC)CCN(Cc3c(C)cc(C)cc3-n3cccn3)[C@H]2C1. The topological polar surface area (TPSA) is 39.5 Å². The zero-order valence-electron chi connectivity index (χ0n) is 16.9. The summed E-state index contributed by atoms with van der Waals surface area (Å²) in [5, 5.41) is 4.49. The van der Waals surface area contributed by atoms with Crippen LogP contribution in [-0.2, 0) is 16.0 Å². The third-order valence-corrected chi connectivity index (χ3v) is 6.69. The summed E-state index contributed by atoms with van der Waals surface area (Å²) in [6.07, 6.45) is 8.54. The van der Waals surface area contributed by atoms with Crippen molar-refractivity contribution >= 4 is 0 Å². The van der Waals surface area contributed by atoms with Crippen LogP contribution in [-0.4, -0.2) is 53.2 Å². The normalized spacial score (nSPS) is 28.4. The van der Waals surface area contributed by atoms with Crippen molar-refractivity contribution in [2.45, 2.75) is 63.8 Å². The first-order valence-corrected chi connectivity index (χ1v) is 9.98. The number of aromatic nitrogens is 2. The van der Waals surface area contributed by atoms with Crippen LogP contribution in [0.25, 0.3) is 5.69 Å². The molecule has 2 heterocycles. The molecule has 146 valence electrons. The fourth-order valence-corrected chi connectivity index (χ4v) is 5.16. The van der Waals surface area contributed by atoms with Gasteiger partial charge >= 0.3 is 0 Å². The van der Waals surface area contributed by atoms with Crippen LogP contribution < -0.4 is 0 Å². The lowest BCUT2D eigenvalue weighted by molar-refractivity contribution is -0.0947. The molecule has 3 atom stereocenters. The molecule has 0 spiro atoms. The highest BCUT2D eigenvalue weighted by Gasteiger charge is 2.51. The number of fused-ring (bicyclic) bond motifs is 1. The number of ether oxygens (including phenoxy) is 2. The minimum absolute atomic E-state index is 0.0144. The Labute approximate surface area is 162 Å². The number of rotatable bonds is 5. The summed E-state index contributed by atoms with van der Waals surface area (Å²) in [4.78, 5) is 2.61. The molecule has 5 heteroatoms. The predicted octanol–water partition coefficient (Wildman–Crippen LogP) is 3.65. The van der Waals surface area contributed by atoms with Crippen LogP contribution >= 0.6 is 0 Å². The Morgan fingerprint density at radius 2 is 2.07 bits per heavy atom. The van der Waals surface area contributed by atoms with Gasteiger partial charge in [0.25, 0.3) is 0 Å². The summed E-state index contributed by atoms with van der Waals surface area (Å²) >= 11 is 0. The number of aryl methyl sites for hydroxylation is 2. The van der Waals surface area contributed by atoms with Crippen molar-refractivity contribution < 1.29 is 9.47 Å². The van der Waals surface area contributed by atoms with Gasteiger partial charge in [0.2, 0.25) is 0 Å². The standard InChI is InChI=1S/C22H31N3O2/c1-16-12-17(2)19(20(13-16)25-10-5-9-23-25)15-24-11-8-22(27-4)7-6-18(26-3)14-21(22)24/h5,9-10,12-13,18,21H,6-8,11,14-15H2,1-4H3/t18-,21+,22-/m1/s1. The minimum Gasteiger partial charge on any atom is -0.381 e. The maximum atomic E-state index is 6.10. The minimum atomic E-state index is -0.0144. The van der Waals surface area contributed by atoms with E-state index in [0.717, 1.165) is 38.8 Å². The van der Waals surface area contributed by atoms with Gasteiger partial charge in [-0.15, -0.1) is 0 Å². The van der Waals surface area contributed by atoms with Gasteiger partial charge in [0.15, 0.2) is 0 Å². The molecule has 5 nitrogen and oxygen atoms in total. The monoisotopic (exact) mass is 369 g/mol. The van der Waals surface area contributed by atoms with Crippen molar-refractivity contribution in [3.05, 3.63) is 47.3 Å². The molecule has 1 aromatic carbocycles. The number of hydrogen-bond acceptors (Lipinski definition) is 4. The Balaban J connectivity index is 1.66. The molecule has 2 aliphatic rings. The fraction of sp³-hybridized carbons (Fsp3) is 0.591. The highest BCUT2D eigenvalue weighted by atomic mass is 16.5. The first kappa shape index (κ1) is 18.7. The van der Waals surface area contributed by atoms with Crippen molar-refractivity contribution in [2.75, 3.05) is 20.8 Å². The van der Waals surface area contributed by atoms with E-state index < -0.39 is 0 Å². The molecule has 2 fully saturated rings. The molecule has 1 saturated carbocycles. The molecule has 2 aromatic rings. The van der Waals surface area contributed by atoms with E-state index in [-0.39, 0.29) is 5.60 Å². The van der Waals surface area contributed by atoms with Crippen LogP contribution in [0.5, 0.6) is 0 Å². The zero-order valence-corrected chi connectivity index (χ0v) is 16.9. The Hall–Kier alpha value is -1.69. The number of hydrogen-bond donors (Lipinski definition) is 0. The number of nitrogens with zero attached hydrogens (tertiary/aromatic N) is 3. The molecule has 0 bridgehead atoms. The van der Waals surface area contributed by atoms with E-state index in [1.807, 2.05) is 37.4 Å². The first-order valence-electron chi connectivity index (χ1n) is 9.98. The lowest BCUT2D eigenvalue weighted by Gasteiger charge is -2.43. The third kappa shape index (κ3) is 3.33. The van der Waals surface area contributed by atoms with E-state index in [0.29, 0.717) is 12.1 Å². The number of benzene rings is 1. The summed E-state index contributed by atoms with van der Waals surface area (Å²) in [6, 6.07) is 6.92. The van der Waals surface area contributed by atoms with Gasteiger partial charge in [0, 0.05) is 45.7 Å². The molecule has 0 radical (unpaired) electrons. The van der Waals surface area contributed by atoms with Crippen molar-refractivity contribution in [3.8, 4) is 5.69 Å². The largest absolute Gasteiger partial charge is 0.381 e. The van der Waals surface area contributed by atoms with Crippen molar-refractivity contribution in [1.29, 1.82) is 0 Å².